The van der Waals surface area contributed by atoms with Gasteiger partial charge < -0.3 is 15.2 Å². The number of amides is 1. The van der Waals surface area contributed by atoms with Crippen molar-refractivity contribution in [3.05, 3.63) is 29.8 Å². The third kappa shape index (κ3) is 4.15. The molecule has 156 valence electrons. The van der Waals surface area contributed by atoms with E-state index in [4.69, 9.17) is 9.94 Å². The molecular formula is C18H27N3O6S. The highest BCUT2D eigenvalue weighted by Crippen LogP contribution is 2.29. The van der Waals surface area contributed by atoms with Gasteiger partial charge in [0.15, 0.2) is 5.60 Å². The van der Waals surface area contributed by atoms with Gasteiger partial charge >= 0.3 is 0 Å². The minimum absolute atomic E-state index is 0.0754. The molecule has 1 aromatic rings. The van der Waals surface area contributed by atoms with Crippen LogP contribution in [0.5, 0.6) is 5.75 Å². The maximum Gasteiger partial charge on any atom is 0.278 e. The molecule has 2 saturated heterocycles. The van der Waals surface area contributed by atoms with E-state index in [0.717, 1.165) is 11.3 Å². The number of carbonyl (C=O) groups excluding carboxylic acids is 1. The van der Waals surface area contributed by atoms with E-state index >= 15 is 0 Å². The van der Waals surface area contributed by atoms with Gasteiger partial charge in [-0.15, -0.1) is 0 Å². The summed E-state index contributed by atoms with van der Waals surface area (Å²) in [4.78, 5) is 12.0. The lowest BCUT2D eigenvalue weighted by Crippen LogP contribution is -2.67. The van der Waals surface area contributed by atoms with Crippen molar-refractivity contribution in [1.29, 1.82) is 0 Å². The molecule has 0 bridgehead atoms. The van der Waals surface area contributed by atoms with Crippen LogP contribution < -0.4 is 15.5 Å². The van der Waals surface area contributed by atoms with Crippen LogP contribution in [-0.2, 0) is 14.8 Å². The number of nitrogens with zero attached hydrogens (tertiary/aromatic N) is 1. The number of β-amino-alcohol motifs (C(OH)–C–C–N with tert-alkyl or cyclic N) is 1. The Kier molecular flexibility index (Phi) is 6.25. The molecule has 3 rings (SSSR count). The number of aryl methyl sites for hydroxylation is 1. The summed E-state index contributed by atoms with van der Waals surface area (Å²) in [7, 11) is -3.93. The highest BCUT2D eigenvalue weighted by Gasteiger charge is 2.54. The SMILES string of the molecule is Cc1ccc(OC2CCN(S(=O)(=O)C3CCNCC3(O)C(=O)NO)CC2)cc1. The van der Waals surface area contributed by atoms with Crippen LogP contribution in [0.4, 0.5) is 0 Å². The number of nitrogens with one attached hydrogen (secondary N) is 2. The van der Waals surface area contributed by atoms with E-state index in [0.29, 0.717) is 19.4 Å². The Labute approximate surface area is 164 Å². The number of sulfonamides is 1. The second kappa shape index (κ2) is 8.34. The molecule has 1 amide bonds. The van der Waals surface area contributed by atoms with E-state index in [2.05, 4.69) is 5.32 Å². The first-order valence-corrected chi connectivity index (χ1v) is 10.9. The van der Waals surface area contributed by atoms with E-state index in [-0.39, 0.29) is 32.2 Å². The molecule has 2 atom stereocenters. The summed E-state index contributed by atoms with van der Waals surface area (Å²) < 4.78 is 33.5. The van der Waals surface area contributed by atoms with Gasteiger partial charge in [0.05, 0.1) is 0 Å². The van der Waals surface area contributed by atoms with Gasteiger partial charge in [-0.05, 0) is 44.9 Å². The summed E-state index contributed by atoms with van der Waals surface area (Å²) in [5.74, 6) is -0.370. The van der Waals surface area contributed by atoms with Crippen molar-refractivity contribution in [2.24, 2.45) is 0 Å². The molecular weight excluding hydrogens is 386 g/mol. The Bertz CT molecular complexity index is 792. The minimum atomic E-state index is -3.93. The van der Waals surface area contributed by atoms with Crippen LogP contribution in [0.2, 0.25) is 0 Å². The molecule has 0 spiro atoms. The number of hydrogen-bond acceptors (Lipinski definition) is 7. The standard InChI is InChI=1S/C18H27N3O6S/c1-13-2-4-14(5-3-13)27-15-7-10-21(11-8-15)28(25,26)16-6-9-19-12-18(16,23)17(22)20-24/h2-5,15-16,19,23-24H,6-12H2,1H3,(H,20,22). The molecule has 0 aromatic heterocycles. The van der Waals surface area contributed by atoms with E-state index in [9.17, 15) is 18.3 Å². The predicted octanol–water partition coefficient (Wildman–Crippen LogP) is -0.234. The van der Waals surface area contributed by atoms with Crippen molar-refractivity contribution >= 4 is 15.9 Å². The molecule has 28 heavy (non-hydrogen) atoms. The molecule has 4 N–H and O–H groups in total. The molecule has 0 aliphatic carbocycles. The predicted molar refractivity (Wildman–Crippen MR) is 101 cm³/mol. The lowest BCUT2D eigenvalue weighted by molar-refractivity contribution is -0.150. The molecule has 1 aromatic carbocycles. The van der Waals surface area contributed by atoms with Gasteiger partial charge in [0, 0.05) is 19.6 Å². The number of carbonyl (C=O) groups is 1. The average Bonchev–Trinajstić information content (AvgIpc) is 2.69. The van der Waals surface area contributed by atoms with Crippen molar-refractivity contribution in [2.75, 3.05) is 26.2 Å². The van der Waals surface area contributed by atoms with Gasteiger partial charge in [0.2, 0.25) is 10.0 Å². The summed E-state index contributed by atoms with van der Waals surface area (Å²) >= 11 is 0. The first-order chi connectivity index (χ1) is 13.3. The number of hydroxylamine groups is 1. The summed E-state index contributed by atoms with van der Waals surface area (Å²) in [6, 6.07) is 7.69. The molecule has 0 radical (unpaired) electrons. The maximum absolute atomic E-state index is 13.1. The van der Waals surface area contributed by atoms with Crippen LogP contribution in [0.3, 0.4) is 0 Å². The van der Waals surface area contributed by atoms with E-state index in [1.54, 1.807) is 0 Å². The Hall–Kier alpha value is -1.72. The number of hydrogen-bond donors (Lipinski definition) is 4. The normalized spacial score (nSPS) is 27.3. The van der Waals surface area contributed by atoms with Crippen molar-refractivity contribution in [3.63, 3.8) is 0 Å². The van der Waals surface area contributed by atoms with Gasteiger partial charge in [-0.2, -0.15) is 0 Å². The second-order valence-corrected chi connectivity index (χ2v) is 9.51. The zero-order valence-electron chi connectivity index (χ0n) is 15.8. The number of benzene rings is 1. The van der Waals surface area contributed by atoms with Gasteiger partial charge in [-0.3, -0.25) is 10.0 Å². The molecule has 2 unspecified atom stereocenters. The zero-order valence-corrected chi connectivity index (χ0v) is 16.6. The largest absolute Gasteiger partial charge is 0.490 e. The van der Waals surface area contributed by atoms with E-state index in [1.165, 1.54) is 9.79 Å². The fourth-order valence-electron chi connectivity index (χ4n) is 3.78. The fourth-order valence-corrected chi connectivity index (χ4v) is 5.96. The first-order valence-electron chi connectivity index (χ1n) is 9.37. The van der Waals surface area contributed by atoms with Crippen LogP contribution in [-0.4, -0.2) is 72.1 Å². The number of piperidine rings is 2. The molecule has 2 fully saturated rings. The minimum Gasteiger partial charge on any atom is -0.490 e. The first kappa shape index (κ1) is 21.0. The number of ether oxygens (including phenoxy) is 1. The Balaban J connectivity index is 1.66. The lowest BCUT2D eigenvalue weighted by atomic mass is 9.93. The molecule has 9 nitrogen and oxygen atoms in total. The summed E-state index contributed by atoms with van der Waals surface area (Å²) in [6.45, 7) is 2.61. The van der Waals surface area contributed by atoms with Gasteiger partial charge in [-0.1, -0.05) is 17.7 Å². The van der Waals surface area contributed by atoms with Crippen molar-refractivity contribution in [2.45, 2.75) is 43.1 Å². The quantitative estimate of drug-likeness (QED) is 0.388. The summed E-state index contributed by atoms with van der Waals surface area (Å²) in [5, 5.41) is 21.1. The molecule has 2 heterocycles. The smallest absolute Gasteiger partial charge is 0.278 e. The number of aliphatic hydroxyl groups is 1. The van der Waals surface area contributed by atoms with Gasteiger partial charge in [0.25, 0.3) is 5.91 Å². The molecule has 10 heteroatoms. The van der Waals surface area contributed by atoms with E-state index in [1.807, 2.05) is 31.2 Å². The summed E-state index contributed by atoms with van der Waals surface area (Å²) in [5.41, 5.74) is 0.299. The van der Waals surface area contributed by atoms with Crippen molar-refractivity contribution in [1.82, 2.24) is 15.1 Å². The monoisotopic (exact) mass is 413 g/mol. The summed E-state index contributed by atoms with van der Waals surface area (Å²) in [6.07, 6.45) is 1.01. The second-order valence-electron chi connectivity index (χ2n) is 7.39. The Morgan fingerprint density at radius 2 is 1.89 bits per heavy atom. The van der Waals surface area contributed by atoms with E-state index < -0.39 is 26.8 Å². The lowest BCUT2D eigenvalue weighted by Gasteiger charge is -2.41. The van der Waals surface area contributed by atoms with Crippen LogP contribution in [0.1, 0.15) is 24.8 Å². The van der Waals surface area contributed by atoms with Gasteiger partial charge in [0.1, 0.15) is 17.1 Å². The maximum atomic E-state index is 13.1. The average molecular weight is 413 g/mol. The topological polar surface area (TPSA) is 128 Å². The van der Waals surface area contributed by atoms with Crippen LogP contribution in [0.25, 0.3) is 0 Å². The van der Waals surface area contributed by atoms with Crippen LogP contribution >= 0.6 is 0 Å². The van der Waals surface area contributed by atoms with Crippen LogP contribution in [0, 0.1) is 6.92 Å². The highest BCUT2D eigenvalue weighted by molar-refractivity contribution is 7.89. The molecule has 2 aliphatic rings. The van der Waals surface area contributed by atoms with Crippen molar-refractivity contribution < 1.29 is 28.3 Å². The molecule has 2 aliphatic heterocycles. The molecule has 0 saturated carbocycles. The number of rotatable bonds is 5. The zero-order chi connectivity index (χ0) is 20.4. The highest BCUT2D eigenvalue weighted by atomic mass is 32.2. The third-order valence-corrected chi connectivity index (χ3v) is 7.88. The van der Waals surface area contributed by atoms with Crippen LogP contribution in [0.15, 0.2) is 24.3 Å². The van der Waals surface area contributed by atoms with Gasteiger partial charge in [-0.25, -0.2) is 18.2 Å². The van der Waals surface area contributed by atoms with Crippen molar-refractivity contribution in [3.8, 4) is 5.75 Å². The Morgan fingerprint density at radius 3 is 2.50 bits per heavy atom. The Morgan fingerprint density at radius 1 is 1.25 bits per heavy atom. The fraction of sp³-hybridized carbons (Fsp3) is 0.611. The third-order valence-electron chi connectivity index (χ3n) is 5.45.